The molecule has 8 heteroatoms. The van der Waals surface area contributed by atoms with Crippen LogP contribution in [0.4, 0.5) is 16.2 Å². The molecule has 2 N–H and O–H groups in total. The summed E-state index contributed by atoms with van der Waals surface area (Å²) in [6.45, 7) is 6.96. The molecule has 26 heavy (non-hydrogen) atoms. The topological polar surface area (TPSA) is 84.5 Å². The van der Waals surface area contributed by atoms with E-state index in [4.69, 9.17) is 4.74 Å². The van der Waals surface area contributed by atoms with Crippen molar-refractivity contribution in [2.24, 2.45) is 0 Å². The van der Waals surface area contributed by atoms with Crippen molar-refractivity contribution in [3.05, 3.63) is 52.5 Å². The number of carbonyl (C=O) groups is 1. The van der Waals surface area contributed by atoms with E-state index in [0.29, 0.717) is 16.9 Å². The van der Waals surface area contributed by atoms with Crippen LogP contribution in [0, 0.1) is 6.92 Å². The maximum atomic E-state index is 12.6. The van der Waals surface area contributed by atoms with Crippen LogP contribution in [0.5, 0.6) is 0 Å². The molecule has 1 amide bonds. The number of nitrogens with one attached hydrogen (secondary N) is 2. The van der Waals surface area contributed by atoms with Crippen LogP contribution in [0.25, 0.3) is 0 Å². The lowest BCUT2D eigenvalue weighted by atomic mass is 10.2. The van der Waals surface area contributed by atoms with Gasteiger partial charge in [0.1, 0.15) is 5.60 Å². The first-order valence-corrected chi connectivity index (χ1v) is 10.1. The largest absolute Gasteiger partial charge is 0.444 e. The number of sulfonamides is 1. The van der Waals surface area contributed by atoms with E-state index in [1.165, 1.54) is 12.1 Å². The number of rotatable bonds is 4. The van der Waals surface area contributed by atoms with Crippen LogP contribution >= 0.6 is 15.9 Å². The van der Waals surface area contributed by atoms with Gasteiger partial charge >= 0.3 is 6.09 Å². The van der Waals surface area contributed by atoms with Crippen molar-refractivity contribution >= 4 is 43.4 Å². The van der Waals surface area contributed by atoms with Gasteiger partial charge in [-0.15, -0.1) is 0 Å². The molecule has 140 valence electrons. The Kier molecular flexibility index (Phi) is 5.98. The van der Waals surface area contributed by atoms with Gasteiger partial charge in [0.2, 0.25) is 0 Å². The van der Waals surface area contributed by atoms with Crippen molar-refractivity contribution in [2.45, 2.75) is 38.2 Å². The van der Waals surface area contributed by atoms with Crippen LogP contribution in [0.2, 0.25) is 0 Å². The molecule has 0 heterocycles. The van der Waals surface area contributed by atoms with Gasteiger partial charge < -0.3 is 4.74 Å². The second-order valence-corrected chi connectivity index (χ2v) is 9.29. The van der Waals surface area contributed by atoms with E-state index in [0.717, 1.165) is 4.47 Å². The van der Waals surface area contributed by atoms with Crippen LogP contribution in [0.1, 0.15) is 26.3 Å². The molecule has 2 aromatic rings. The van der Waals surface area contributed by atoms with Crippen molar-refractivity contribution < 1.29 is 17.9 Å². The number of ether oxygens (including phenoxy) is 1. The number of anilines is 2. The zero-order chi connectivity index (χ0) is 19.5. The van der Waals surface area contributed by atoms with E-state index < -0.39 is 21.7 Å². The highest BCUT2D eigenvalue weighted by molar-refractivity contribution is 9.10. The molecule has 0 saturated carbocycles. The van der Waals surface area contributed by atoms with Crippen LogP contribution in [-0.4, -0.2) is 20.1 Å². The van der Waals surface area contributed by atoms with E-state index in [1.54, 1.807) is 58.0 Å². The SMILES string of the molecule is Cc1cc(NC(=O)OC(C)(C)C)ccc1S(=O)(=O)Nc1ccc(Br)cc1. The molecule has 0 fully saturated rings. The van der Waals surface area contributed by atoms with Crippen molar-refractivity contribution in [3.63, 3.8) is 0 Å². The first-order chi connectivity index (χ1) is 12.0. The van der Waals surface area contributed by atoms with Gasteiger partial charge in [-0.25, -0.2) is 13.2 Å². The Bertz CT molecular complexity index is 904. The van der Waals surface area contributed by atoms with Crippen molar-refractivity contribution in [3.8, 4) is 0 Å². The summed E-state index contributed by atoms with van der Waals surface area (Å²) in [5.74, 6) is 0. The van der Waals surface area contributed by atoms with Crippen LogP contribution in [-0.2, 0) is 14.8 Å². The lowest BCUT2D eigenvalue weighted by Gasteiger charge is -2.20. The predicted molar refractivity (Wildman–Crippen MR) is 106 cm³/mol. The van der Waals surface area contributed by atoms with Gasteiger partial charge in [-0.3, -0.25) is 10.0 Å². The Morgan fingerprint density at radius 2 is 1.62 bits per heavy atom. The second-order valence-electron chi connectivity index (χ2n) is 6.72. The van der Waals surface area contributed by atoms with E-state index in [-0.39, 0.29) is 4.90 Å². The maximum absolute atomic E-state index is 12.6. The summed E-state index contributed by atoms with van der Waals surface area (Å²) >= 11 is 3.31. The summed E-state index contributed by atoms with van der Waals surface area (Å²) in [4.78, 5) is 12.0. The number of amides is 1. The van der Waals surface area contributed by atoms with E-state index in [9.17, 15) is 13.2 Å². The van der Waals surface area contributed by atoms with E-state index in [2.05, 4.69) is 26.0 Å². The average molecular weight is 441 g/mol. The van der Waals surface area contributed by atoms with Crippen molar-refractivity contribution in [2.75, 3.05) is 10.0 Å². The van der Waals surface area contributed by atoms with Gasteiger partial charge in [-0.1, -0.05) is 15.9 Å². The van der Waals surface area contributed by atoms with Crippen LogP contribution in [0.3, 0.4) is 0 Å². The van der Waals surface area contributed by atoms with E-state index in [1.807, 2.05) is 0 Å². The van der Waals surface area contributed by atoms with Crippen LogP contribution in [0.15, 0.2) is 51.8 Å². The van der Waals surface area contributed by atoms with Gasteiger partial charge in [0.05, 0.1) is 4.90 Å². The van der Waals surface area contributed by atoms with Crippen molar-refractivity contribution in [1.82, 2.24) is 0 Å². The highest BCUT2D eigenvalue weighted by Gasteiger charge is 2.19. The van der Waals surface area contributed by atoms with E-state index >= 15 is 0 Å². The highest BCUT2D eigenvalue weighted by Crippen LogP contribution is 2.23. The number of halogens is 1. The molecule has 0 saturated heterocycles. The number of hydrogen-bond donors (Lipinski definition) is 2. The first-order valence-electron chi connectivity index (χ1n) is 7.85. The third-order valence-corrected chi connectivity index (χ3v) is 5.28. The molecule has 0 aliphatic rings. The zero-order valence-corrected chi connectivity index (χ0v) is 17.4. The molecule has 2 rings (SSSR count). The minimum Gasteiger partial charge on any atom is -0.444 e. The maximum Gasteiger partial charge on any atom is 0.412 e. The second kappa shape index (κ2) is 7.67. The highest BCUT2D eigenvalue weighted by atomic mass is 79.9. The third kappa shape index (κ3) is 5.74. The Labute approximate surface area is 162 Å². The summed E-state index contributed by atoms with van der Waals surface area (Å²) in [6, 6.07) is 11.4. The molecule has 0 unspecified atom stereocenters. The normalized spacial score (nSPS) is 11.7. The summed E-state index contributed by atoms with van der Waals surface area (Å²) in [5.41, 5.74) is 0.808. The molecule has 0 spiro atoms. The Hall–Kier alpha value is -2.06. The molecule has 0 bridgehead atoms. The first kappa shape index (κ1) is 20.3. The Morgan fingerprint density at radius 3 is 2.15 bits per heavy atom. The number of benzene rings is 2. The Morgan fingerprint density at radius 1 is 1.04 bits per heavy atom. The van der Waals surface area contributed by atoms with Gasteiger partial charge in [0, 0.05) is 15.8 Å². The minimum absolute atomic E-state index is 0.134. The molecule has 6 nitrogen and oxygen atoms in total. The summed E-state index contributed by atoms with van der Waals surface area (Å²) in [5, 5.41) is 2.59. The monoisotopic (exact) mass is 440 g/mol. The molecular formula is C18H21BrN2O4S. The molecule has 0 atom stereocenters. The van der Waals surface area contributed by atoms with Crippen LogP contribution < -0.4 is 10.0 Å². The number of aryl methyl sites for hydroxylation is 1. The third-order valence-electron chi connectivity index (χ3n) is 3.21. The molecule has 0 aromatic heterocycles. The fourth-order valence-corrected chi connectivity index (χ4v) is 3.73. The average Bonchev–Trinajstić information content (AvgIpc) is 2.47. The number of carbonyl (C=O) groups excluding carboxylic acids is 1. The standard InChI is InChI=1S/C18H21BrN2O4S/c1-12-11-15(20-17(22)25-18(2,3)4)9-10-16(12)26(23,24)21-14-7-5-13(19)6-8-14/h5-11,21H,1-4H3,(H,20,22). The predicted octanol–water partition coefficient (Wildman–Crippen LogP) is 4.91. The quantitative estimate of drug-likeness (QED) is 0.707. The summed E-state index contributed by atoms with van der Waals surface area (Å²) in [6.07, 6.45) is -0.597. The summed E-state index contributed by atoms with van der Waals surface area (Å²) < 4.78 is 33.8. The minimum atomic E-state index is -3.74. The fourth-order valence-electron chi connectivity index (χ4n) is 2.18. The zero-order valence-electron chi connectivity index (χ0n) is 15.0. The van der Waals surface area contributed by atoms with Gasteiger partial charge in [-0.05, 0) is 75.7 Å². The Balaban J connectivity index is 2.17. The smallest absolute Gasteiger partial charge is 0.412 e. The molecule has 0 aliphatic carbocycles. The van der Waals surface area contributed by atoms with Gasteiger partial charge in [-0.2, -0.15) is 0 Å². The number of hydrogen-bond acceptors (Lipinski definition) is 4. The molecule has 2 aromatic carbocycles. The molecule has 0 radical (unpaired) electrons. The van der Waals surface area contributed by atoms with Crippen molar-refractivity contribution in [1.29, 1.82) is 0 Å². The lowest BCUT2D eigenvalue weighted by molar-refractivity contribution is 0.0636. The molecular weight excluding hydrogens is 420 g/mol. The van der Waals surface area contributed by atoms with Gasteiger partial charge in [0.15, 0.2) is 0 Å². The van der Waals surface area contributed by atoms with Gasteiger partial charge in [0.25, 0.3) is 10.0 Å². The summed E-state index contributed by atoms with van der Waals surface area (Å²) in [7, 11) is -3.74. The fraction of sp³-hybridized carbons (Fsp3) is 0.278. The molecule has 0 aliphatic heterocycles. The lowest BCUT2D eigenvalue weighted by Crippen LogP contribution is -2.27.